The van der Waals surface area contributed by atoms with Gasteiger partial charge in [0.2, 0.25) is 0 Å². The molecule has 0 amide bonds. The maximum Gasteiger partial charge on any atom is 0.0856 e. The Balaban J connectivity index is 2.31. The Morgan fingerprint density at radius 3 is 2.75 bits per heavy atom. The van der Waals surface area contributed by atoms with Gasteiger partial charge in [-0.15, -0.1) is 0 Å². The first-order valence-electron chi connectivity index (χ1n) is 4.83. The molecule has 2 heterocycles. The quantitative estimate of drug-likeness (QED) is 0.536. The van der Waals surface area contributed by atoms with Gasteiger partial charge < -0.3 is 4.90 Å². The molecule has 0 saturated carbocycles. The summed E-state index contributed by atoms with van der Waals surface area (Å²) in [5.74, 6) is 0. The zero-order valence-electron chi connectivity index (χ0n) is 8.30. The lowest BCUT2D eigenvalue weighted by Gasteiger charge is -2.43. The third-order valence-electron chi connectivity index (χ3n) is 3.51. The Kier molecular flexibility index (Phi) is 1.51. The second-order valence-electron chi connectivity index (χ2n) is 5.03. The summed E-state index contributed by atoms with van der Waals surface area (Å²) in [7, 11) is 0. The predicted molar refractivity (Wildman–Crippen MR) is 51.5 cm³/mol. The molecule has 2 aliphatic rings. The molecular weight excluding hydrogens is 148 g/mol. The Bertz CT molecular complexity index is 214. The summed E-state index contributed by atoms with van der Waals surface area (Å²) in [6.07, 6.45) is 4.71. The lowest BCUT2D eigenvalue weighted by molar-refractivity contribution is 0.105. The van der Waals surface area contributed by atoms with Crippen LogP contribution in [-0.2, 0) is 0 Å². The van der Waals surface area contributed by atoms with Crippen LogP contribution >= 0.6 is 0 Å². The summed E-state index contributed by atoms with van der Waals surface area (Å²) in [6.45, 7) is 9.22. The van der Waals surface area contributed by atoms with E-state index >= 15 is 0 Å². The van der Waals surface area contributed by atoms with Crippen LogP contribution in [0.3, 0.4) is 0 Å². The fourth-order valence-electron chi connectivity index (χ4n) is 2.57. The van der Waals surface area contributed by atoms with Gasteiger partial charge >= 0.3 is 0 Å². The number of hydrogen-bond donors (Lipinski definition) is 0. The van der Waals surface area contributed by atoms with E-state index in [0.29, 0.717) is 11.0 Å². The Morgan fingerprint density at radius 1 is 1.42 bits per heavy atom. The van der Waals surface area contributed by atoms with Gasteiger partial charge in [0, 0.05) is 6.54 Å². The molecule has 2 heteroatoms. The topological polar surface area (TPSA) is 15.6 Å². The molecule has 2 aliphatic heterocycles. The van der Waals surface area contributed by atoms with Crippen molar-refractivity contribution in [1.29, 1.82) is 0 Å². The van der Waals surface area contributed by atoms with Crippen LogP contribution in [-0.4, -0.2) is 29.9 Å². The minimum absolute atomic E-state index is 0.354. The van der Waals surface area contributed by atoms with E-state index in [1.165, 1.54) is 19.4 Å². The maximum atomic E-state index is 4.41. The normalized spacial score (nSPS) is 34.4. The highest BCUT2D eigenvalue weighted by molar-refractivity contribution is 5.60. The highest BCUT2D eigenvalue weighted by Gasteiger charge is 2.50. The van der Waals surface area contributed by atoms with Crippen LogP contribution in [0.2, 0.25) is 0 Å². The third kappa shape index (κ3) is 0.838. The van der Waals surface area contributed by atoms with E-state index in [2.05, 4.69) is 37.0 Å². The van der Waals surface area contributed by atoms with Gasteiger partial charge in [0.15, 0.2) is 0 Å². The predicted octanol–water partition coefficient (Wildman–Crippen LogP) is 1.91. The molecule has 0 aromatic carbocycles. The molecule has 0 radical (unpaired) electrons. The van der Waals surface area contributed by atoms with Crippen molar-refractivity contribution in [2.45, 2.75) is 39.2 Å². The molecule has 2 rings (SSSR count). The lowest BCUT2D eigenvalue weighted by Crippen LogP contribution is -2.51. The zero-order valence-corrected chi connectivity index (χ0v) is 8.30. The summed E-state index contributed by atoms with van der Waals surface area (Å²) in [4.78, 5) is 6.86. The molecule has 68 valence electrons. The summed E-state index contributed by atoms with van der Waals surface area (Å²) in [5.41, 5.74) is 0.715. The van der Waals surface area contributed by atoms with Crippen molar-refractivity contribution >= 4 is 6.34 Å². The molecule has 1 fully saturated rings. The zero-order chi connectivity index (χ0) is 8.82. The number of hydrogen-bond acceptors (Lipinski definition) is 2. The van der Waals surface area contributed by atoms with Gasteiger partial charge in [-0.1, -0.05) is 20.8 Å². The van der Waals surface area contributed by atoms with Crippen molar-refractivity contribution in [2.75, 3.05) is 13.1 Å². The molecule has 1 unspecified atom stereocenters. The summed E-state index contributed by atoms with van der Waals surface area (Å²) < 4.78 is 0. The number of rotatable bonds is 0. The van der Waals surface area contributed by atoms with Crippen molar-refractivity contribution < 1.29 is 0 Å². The maximum absolute atomic E-state index is 4.41. The van der Waals surface area contributed by atoms with Crippen LogP contribution in [0.15, 0.2) is 4.99 Å². The first-order chi connectivity index (χ1) is 5.56. The first kappa shape index (κ1) is 8.09. The van der Waals surface area contributed by atoms with Crippen LogP contribution < -0.4 is 0 Å². The average molecular weight is 166 g/mol. The number of nitrogens with zero attached hydrogens (tertiary/aromatic N) is 2. The lowest BCUT2D eigenvalue weighted by atomic mass is 9.72. The van der Waals surface area contributed by atoms with Crippen LogP contribution in [0.4, 0.5) is 0 Å². The van der Waals surface area contributed by atoms with E-state index in [1.807, 2.05) is 0 Å². The molecule has 1 saturated heterocycles. The fraction of sp³-hybridized carbons (Fsp3) is 0.900. The second kappa shape index (κ2) is 2.24. The van der Waals surface area contributed by atoms with Crippen LogP contribution in [0.5, 0.6) is 0 Å². The minimum atomic E-state index is 0.354. The van der Waals surface area contributed by atoms with Crippen molar-refractivity contribution in [3.63, 3.8) is 0 Å². The van der Waals surface area contributed by atoms with Gasteiger partial charge in [0.1, 0.15) is 0 Å². The van der Waals surface area contributed by atoms with Crippen LogP contribution in [0, 0.1) is 5.41 Å². The highest BCUT2D eigenvalue weighted by Crippen LogP contribution is 2.44. The summed E-state index contributed by atoms with van der Waals surface area (Å²) >= 11 is 0. The molecule has 2 nitrogen and oxygen atoms in total. The molecule has 0 N–H and O–H groups in total. The van der Waals surface area contributed by atoms with Gasteiger partial charge in [0.25, 0.3) is 0 Å². The first-order valence-corrected chi connectivity index (χ1v) is 4.83. The van der Waals surface area contributed by atoms with Gasteiger partial charge in [-0.05, 0) is 18.3 Å². The largest absolute Gasteiger partial charge is 0.355 e. The summed E-state index contributed by atoms with van der Waals surface area (Å²) in [5, 5.41) is 0. The van der Waals surface area contributed by atoms with E-state index in [4.69, 9.17) is 0 Å². The van der Waals surface area contributed by atoms with E-state index in [1.54, 1.807) is 0 Å². The van der Waals surface area contributed by atoms with Gasteiger partial charge in [0.05, 0.1) is 18.4 Å². The Labute approximate surface area is 74.7 Å². The average Bonchev–Trinajstić information content (AvgIpc) is 2.37. The van der Waals surface area contributed by atoms with Crippen LogP contribution in [0.25, 0.3) is 0 Å². The Morgan fingerprint density at radius 2 is 2.17 bits per heavy atom. The minimum Gasteiger partial charge on any atom is -0.355 e. The van der Waals surface area contributed by atoms with Crippen molar-refractivity contribution in [1.82, 2.24) is 4.90 Å². The van der Waals surface area contributed by atoms with Crippen molar-refractivity contribution in [2.24, 2.45) is 10.4 Å². The van der Waals surface area contributed by atoms with Crippen molar-refractivity contribution in [3.05, 3.63) is 0 Å². The molecule has 0 aromatic heterocycles. The number of aliphatic imine (C=N–C) groups is 1. The Hall–Kier alpha value is -0.530. The summed E-state index contributed by atoms with van der Waals surface area (Å²) in [6, 6.07) is 0. The van der Waals surface area contributed by atoms with E-state index in [-0.39, 0.29) is 0 Å². The second-order valence-corrected chi connectivity index (χ2v) is 5.03. The molecule has 0 spiro atoms. The van der Waals surface area contributed by atoms with Gasteiger partial charge in [-0.25, -0.2) is 0 Å². The molecule has 12 heavy (non-hydrogen) atoms. The SMILES string of the molecule is CC(C)(C)C12CCCN1C=NC2. The van der Waals surface area contributed by atoms with Crippen molar-refractivity contribution in [3.8, 4) is 0 Å². The van der Waals surface area contributed by atoms with E-state index in [9.17, 15) is 0 Å². The number of fused-ring (bicyclic) bond motifs is 1. The standard InChI is InChI=1S/C10H18N2/c1-9(2,3)10-5-4-6-12(10)8-11-7-10/h8H,4-7H2,1-3H3. The molecule has 0 aliphatic carbocycles. The van der Waals surface area contributed by atoms with Gasteiger partial charge in [-0.3, -0.25) is 4.99 Å². The highest BCUT2D eigenvalue weighted by atomic mass is 15.3. The molecule has 0 aromatic rings. The smallest absolute Gasteiger partial charge is 0.0856 e. The molecule has 0 bridgehead atoms. The van der Waals surface area contributed by atoms with E-state index in [0.717, 1.165) is 6.54 Å². The third-order valence-corrected chi connectivity index (χ3v) is 3.51. The molecular formula is C10H18N2. The fourth-order valence-corrected chi connectivity index (χ4v) is 2.57. The van der Waals surface area contributed by atoms with Gasteiger partial charge in [-0.2, -0.15) is 0 Å². The molecule has 1 atom stereocenters. The monoisotopic (exact) mass is 166 g/mol. The van der Waals surface area contributed by atoms with E-state index < -0.39 is 0 Å². The van der Waals surface area contributed by atoms with Crippen LogP contribution in [0.1, 0.15) is 33.6 Å².